The number of anilines is 1. The zero-order chi connectivity index (χ0) is 15.1. The maximum absolute atomic E-state index is 6.25. The van der Waals surface area contributed by atoms with Gasteiger partial charge in [0.25, 0.3) is 0 Å². The molecule has 0 bridgehead atoms. The first-order valence-electron chi connectivity index (χ1n) is 7.38. The second-order valence-electron chi connectivity index (χ2n) is 5.72. The van der Waals surface area contributed by atoms with Gasteiger partial charge in [-0.1, -0.05) is 29.8 Å². The zero-order valence-electron chi connectivity index (χ0n) is 12.3. The first-order valence-corrected chi connectivity index (χ1v) is 7.76. The molecular formula is C16H16ClN5. The fourth-order valence-corrected chi connectivity index (χ4v) is 2.87. The van der Waals surface area contributed by atoms with Crippen LogP contribution >= 0.6 is 11.6 Å². The van der Waals surface area contributed by atoms with Gasteiger partial charge in [0, 0.05) is 36.9 Å². The number of nitrogens with zero attached hydrogens (tertiary/aromatic N) is 5. The predicted molar refractivity (Wildman–Crippen MR) is 86.3 cm³/mol. The Bertz CT molecular complexity index is 824. The summed E-state index contributed by atoms with van der Waals surface area (Å²) in [6.45, 7) is 0.679. The monoisotopic (exact) mass is 313 g/mol. The Kier molecular flexibility index (Phi) is 3.22. The molecule has 0 amide bonds. The van der Waals surface area contributed by atoms with Crippen LogP contribution in [-0.2, 0) is 6.54 Å². The summed E-state index contributed by atoms with van der Waals surface area (Å²) in [5.41, 5.74) is 1.87. The molecule has 3 aromatic rings. The average molecular weight is 314 g/mol. The third kappa shape index (κ3) is 2.31. The second-order valence-corrected chi connectivity index (χ2v) is 6.13. The van der Waals surface area contributed by atoms with Crippen LogP contribution in [0.3, 0.4) is 0 Å². The van der Waals surface area contributed by atoms with Crippen LogP contribution in [0.1, 0.15) is 30.1 Å². The molecule has 0 atom stereocenters. The van der Waals surface area contributed by atoms with E-state index in [0.717, 1.165) is 27.9 Å². The number of benzene rings is 1. The zero-order valence-corrected chi connectivity index (χ0v) is 13.0. The van der Waals surface area contributed by atoms with Gasteiger partial charge in [-0.2, -0.15) is 0 Å². The molecule has 5 nitrogen and oxygen atoms in total. The van der Waals surface area contributed by atoms with Crippen molar-refractivity contribution in [2.24, 2.45) is 0 Å². The molecule has 4 rings (SSSR count). The van der Waals surface area contributed by atoms with Crippen molar-refractivity contribution in [1.82, 2.24) is 19.6 Å². The lowest BCUT2D eigenvalue weighted by Crippen LogP contribution is -2.19. The van der Waals surface area contributed by atoms with Gasteiger partial charge in [-0.3, -0.25) is 4.40 Å². The lowest BCUT2D eigenvalue weighted by molar-refractivity contribution is 0.877. The minimum Gasteiger partial charge on any atom is -0.352 e. The van der Waals surface area contributed by atoms with Gasteiger partial charge < -0.3 is 4.90 Å². The minimum absolute atomic E-state index is 0.555. The highest BCUT2D eigenvalue weighted by molar-refractivity contribution is 6.31. The summed E-state index contributed by atoms with van der Waals surface area (Å²) in [6.07, 6.45) is 6.15. The molecule has 2 heterocycles. The third-order valence-corrected chi connectivity index (χ3v) is 4.37. The van der Waals surface area contributed by atoms with Crippen molar-refractivity contribution in [3.05, 3.63) is 53.1 Å². The van der Waals surface area contributed by atoms with Crippen molar-refractivity contribution in [1.29, 1.82) is 0 Å². The number of aromatic nitrogens is 4. The molecule has 1 fully saturated rings. The Hall–Kier alpha value is -2.14. The number of fused-ring (bicyclic) bond motifs is 1. The van der Waals surface area contributed by atoms with Crippen molar-refractivity contribution < 1.29 is 0 Å². The van der Waals surface area contributed by atoms with E-state index in [4.69, 9.17) is 11.6 Å². The molecule has 0 saturated heterocycles. The molecular weight excluding hydrogens is 298 g/mol. The van der Waals surface area contributed by atoms with E-state index in [0.29, 0.717) is 12.5 Å². The lowest BCUT2D eigenvalue weighted by Gasteiger charge is -2.19. The number of halogens is 1. The summed E-state index contributed by atoms with van der Waals surface area (Å²) >= 11 is 6.25. The normalized spacial score (nSPS) is 14.5. The van der Waals surface area contributed by atoms with Gasteiger partial charge >= 0.3 is 0 Å². The van der Waals surface area contributed by atoms with Crippen LogP contribution in [0.25, 0.3) is 5.65 Å². The summed E-state index contributed by atoms with van der Waals surface area (Å²) in [5, 5.41) is 9.45. The highest BCUT2D eigenvalue weighted by Gasteiger charge is 2.29. The molecule has 0 unspecified atom stereocenters. The van der Waals surface area contributed by atoms with Crippen LogP contribution in [0.15, 0.2) is 36.7 Å². The standard InChI is InChI=1S/C16H16ClN5/c1-21(10-12-4-2-3-5-13(12)17)15-16-20-19-14(11-6-7-11)22(16)9-8-18-15/h2-5,8-9,11H,6-7,10H2,1H3. The predicted octanol–water partition coefficient (Wildman–Crippen LogP) is 3.29. The molecule has 0 N–H and O–H groups in total. The summed E-state index contributed by atoms with van der Waals surface area (Å²) in [6, 6.07) is 7.86. The molecule has 0 aliphatic heterocycles. The van der Waals surface area contributed by atoms with Gasteiger partial charge in [0.05, 0.1) is 0 Å². The van der Waals surface area contributed by atoms with Crippen molar-refractivity contribution in [3.8, 4) is 0 Å². The SMILES string of the molecule is CN(Cc1ccccc1Cl)c1nccn2c(C3CC3)nnc12. The van der Waals surface area contributed by atoms with Crippen LogP contribution in [-0.4, -0.2) is 26.6 Å². The van der Waals surface area contributed by atoms with Crippen LogP contribution in [0, 0.1) is 0 Å². The Balaban J connectivity index is 1.69. The van der Waals surface area contributed by atoms with E-state index in [1.165, 1.54) is 12.8 Å². The van der Waals surface area contributed by atoms with E-state index in [1.54, 1.807) is 6.20 Å². The molecule has 1 aromatic carbocycles. The topological polar surface area (TPSA) is 46.3 Å². The van der Waals surface area contributed by atoms with Gasteiger partial charge in [-0.05, 0) is 24.5 Å². The van der Waals surface area contributed by atoms with Crippen LogP contribution in [0.5, 0.6) is 0 Å². The molecule has 1 aliphatic carbocycles. The van der Waals surface area contributed by atoms with Gasteiger partial charge in [0.15, 0.2) is 5.82 Å². The van der Waals surface area contributed by atoms with E-state index in [2.05, 4.69) is 24.5 Å². The first-order chi connectivity index (χ1) is 10.7. The van der Waals surface area contributed by atoms with E-state index < -0.39 is 0 Å². The van der Waals surface area contributed by atoms with E-state index >= 15 is 0 Å². The highest BCUT2D eigenvalue weighted by Crippen LogP contribution is 2.39. The highest BCUT2D eigenvalue weighted by atomic mass is 35.5. The molecule has 112 valence electrons. The van der Waals surface area contributed by atoms with Crippen molar-refractivity contribution in [2.75, 3.05) is 11.9 Å². The second kappa shape index (κ2) is 5.25. The Morgan fingerprint density at radius 3 is 2.86 bits per heavy atom. The summed E-state index contributed by atoms with van der Waals surface area (Å²) in [4.78, 5) is 6.54. The van der Waals surface area contributed by atoms with Crippen LogP contribution in [0.2, 0.25) is 5.02 Å². The molecule has 2 aromatic heterocycles. The average Bonchev–Trinajstić information content (AvgIpc) is 3.28. The number of hydrogen-bond acceptors (Lipinski definition) is 4. The number of rotatable bonds is 4. The maximum atomic E-state index is 6.25. The largest absolute Gasteiger partial charge is 0.352 e. The van der Waals surface area contributed by atoms with E-state index in [1.807, 2.05) is 37.5 Å². The summed E-state index contributed by atoms with van der Waals surface area (Å²) in [7, 11) is 2.00. The Morgan fingerprint density at radius 2 is 2.09 bits per heavy atom. The Morgan fingerprint density at radius 1 is 1.27 bits per heavy atom. The van der Waals surface area contributed by atoms with Crippen LogP contribution < -0.4 is 4.90 Å². The number of hydrogen-bond donors (Lipinski definition) is 0. The minimum atomic E-state index is 0.555. The van der Waals surface area contributed by atoms with E-state index in [9.17, 15) is 0 Å². The van der Waals surface area contributed by atoms with E-state index in [-0.39, 0.29) is 0 Å². The van der Waals surface area contributed by atoms with Crippen molar-refractivity contribution >= 4 is 23.1 Å². The molecule has 22 heavy (non-hydrogen) atoms. The molecule has 0 spiro atoms. The van der Waals surface area contributed by atoms with Gasteiger partial charge in [-0.15, -0.1) is 10.2 Å². The summed E-state index contributed by atoms with van der Waals surface area (Å²) in [5.74, 6) is 2.42. The fourth-order valence-electron chi connectivity index (χ4n) is 2.68. The fraction of sp³-hybridized carbons (Fsp3) is 0.312. The van der Waals surface area contributed by atoms with Crippen molar-refractivity contribution in [3.63, 3.8) is 0 Å². The van der Waals surface area contributed by atoms with Gasteiger partial charge in [0.1, 0.15) is 5.82 Å². The van der Waals surface area contributed by atoms with Gasteiger partial charge in [-0.25, -0.2) is 4.98 Å². The molecule has 1 aliphatic rings. The molecule has 6 heteroatoms. The first kappa shape index (κ1) is 13.5. The van der Waals surface area contributed by atoms with Crippen LogP contribution in [0.4, 0.5) is 5.82 Å². The summed E-state index contributed by atoms with van der Waals surface area (Å²) < 4.78 is 2.06. The molecule has 1 saturated carbocycles. The Labute approximate surface area is 133 Å². The smallest absolute Gasteiger partial charge is 0.203 e. The quantitative estimate of drug-likeness (QED) is 0.741. The third-order valence-electron chi connectivity index (χ3n) is 4.00. The maximum Gasteiger partial charge on any atom is 0.203 e. The lowest BCUT2D eigenvalue weighted by atomic mass is 10.2. The van der Waals surface area contributed by atoms with Gasteiger partial charge in [0.2, 0.25) is 5.65 Å². The van der Waals surface area contributed by atoms with Crippen molar-refractivity contribution in [2.45, 2.75) is 25.3 Å². The molecule has 0 radical (unpaired) electrons.